The Morgan fingerprint density at radius 1 is 1.32 bits per heavy atom. The Bertz CT molecular complexity index is 333. The van der Waals surface area contributed by atoms with Gasteiger partial charge in [0.2, 0.25) is 0 Å². The fourth-order valence-corrected chi connectivity index (χ4v) is 2.89. The Balaban J connectivity index is 1.54. The first-order valence-corrected chi connectivity index (χ1v) is 7.66. The molecule has 0 unspecified atom stereocenters. The van der Waals surface area contributed by atoms with Crippen molar-refractivity contribution in [3.05, 3.63) is 30.1 Å². The molecule has 3 heteroatoms. The first kappa shape index (κ1) is 14.5. The van der Waals surface area contributed by atoms with E-state index in [1.165, 1.54) is 50.6 Å². The zero-order chi connectivity index (χ0) is 13.3. The molecule has 0 radical (unpaired) electrons. The van der Waals surface area contributed by atoms with Gasteiger partial charge in [0, 0.05) is 25.0 Å². The molecule has 0 bridgehead atoms. The molecule has 19 heavy (non-hydrogen) atoms. The van der Waals surface area contributed by atoms with Crippen molar-refractivity contribution in [1.29, 1.82) is 0 Å². The molecule has 2 rings (SSSR count). The lowest BCUT2D eigenvalue weighted by Gasteiger charge is -2.31. The van der Waals surface area contributed by atoms with E-state index in [4.69, 9.17) is 0 Å². The van der Waals surface area contributed by atoms with Crippen LogP contribution in [0.5, 0.6) is 0 Å². The highest BCUT2D eigenvalue weighted by Crippen LogP contribution is 2.21. The fourth-order valence-electron chi connectivity index (χ4n) is 2.89. The molecule has 106 valence electrons. The molecule has 1 aromatic heterocycles. The average molecular weight is 261 g/mol. The quantitative estimate of drug-likeness (QED) is 0.765. The Morgan fingerprint density at radius 2 is 2.16 bits per heavy atom. The molecule has 1 fully saturated rings. The largest absolute Gasteiger partial charge is 0.313 e. The smallest absolute Gasteiger partial charge is 0.0312 e. The minimum Gasteiger partial charge on any atom is -0.313 e. The second-order valence-electron chi connectivity index (χ2n) is 5.66. The maximum Gasteiger partial charge on any atom is 0.0312 e. The van der Waals surface area contributed by atoms with Gasteiger partial charge in [-0.2, -0.15) is 0 Å². The Hall–Kier alpha value is -0.930. The normalized spacial score (nSPS) is 16.9. The predicted octanol–water partition coefficient (Wildman–Crippen LogP) is 2.83. The van der Waals surface area contributed by atoms with Crippen LogP contribution in [-0.2, 0) is 6.54 Å². The van der Waals surface area contributed by atoms with Crippen molar-refractivity contribution in [1.82, 2.24) is 15.2 Å². The van der Waals surface area contributed by atoms with Crippen LogP contribution in [0.2, 0.25) is 0 Å². The van der Waals surface area contributed by atoms with E-state index in [-0.39, 0.29) is 0 Å². The topological polar surface area (TPSA) is 28.2 Å². The molecule has 0 aromatic carbocycles. The van der Waals surface area contributed by atoms with Crippen LogP contribution in [0, 0.1) is 0 Å². The number of rotatable bonds is 7. The standard InChI is InChI=1S/C16H27N3/c1-19(16-8-3-2-4-9-16)12-6-11-18-14-15-7-5-10-17-13-15/h5,7,10,13,16,18H,2-4,6,8-9,11-12,14H2,1H3. The summed E-state index contributed by atoms with van der Waals surface area (Å²) < 4.78 is 0. The molecule has 1 heterocycles. The van der Waals surface area contributed by atoms with E-state index < -0.39 is 0 Å². The van der Waals surface area contributed by atoms with E-state index in [9.17, 15) is 0 Å². The zero-order valence-corrected chi connectivity index (χ0v) is 12.1. The number of aromatic nitrogens is 1. The van der Waals surface area contributed by atoms with Gasteiger partial charge in [0.05, 0.1) is 0 Å². The van der Waals surface area contributed by atoms with Crippen molar-refractivity contribution in [2.45, 2.75) is 51.1 Å². The van der Waals surface area contributed by atoms with Gasteiger partial charge >= 0.3 is 0 Å². The number of pyridine rings is 1. The summed E-state index contributed by atoms with van der Waals surface area (Å²) in [4.78, 5) is 6.69. The van der Waals surface area contributed by atoms with E-state index >= 15 is 0 Å². The van der Waals surface area contributed by atoms with Gasteiger partial charge in [-0.3, -0.25) is 4.98 Å². The second-order valence-corrected chi connectivity index (χ2v) is 5.66. The summed E-state index contributed by atoms with van der Waals surface area (Å²) in [5.74, 6) is 0. The number of hydrogen-bond acceptors (Lipinski definition) is 3. The van der Waals surface area contributed by atoms with Crippen molar-refractivity contribution in [3.8, 4) is 0 Å². The lowest BCUT2D eigenvalue weighted by molar-refractivity contribution is 0.189. The molecular weight excluding hydrogens is 234 g/mol. The van der Waals surface area contributed by atoms with Gasteiger partial charge in [-0.1, -0.05) is 25.3 Å². The summed E-state index contributed by atoms with van der Waals surface area (Å²) >= 11 is 0. The lowest BCUT2D eigenvalue weighted by Crippen LogP contribution is -2.35. The average Bonchev–Trinajstić information content (AvgIpc) is 2.49. The Morgan fingerprint density at radius 3 is 2.89 bits per heavy atom. The van der Waals surface area contributed by atoms with Gasteiger partial charge in [-0.05, 0) is 51.0 Å². The van der Waals surface area contributed by atoms with Gasteiger partial charge in [0.15, 0.2) is 0 Å². The summed E-state index contributed by atoms with van der Waals surface area (Å²) in [6.07, 6.45) is 12.1. The van der Waals surface area contributed by atoms with E-state index in [1.54, 1.807) is 0 Å². The molecule has 1 aromatic rings. The van der Waals surface area contributed by atoms with Gasteiger partial charge < -0.3 is 10.2 Å². The third-order valence-corrected chi connectivity index (χ3v) is 4.11. The zero-order valence-electron chi connectivity index (χ0n) is 12.1. The molecule has 0 atom stereocenters. The molecule has 0 amide bonds. The van der Waals surface area contributed by atoms with Crippen molar-refractivity contribution in [3.63, 3.8) is 0 Å². The van der Waals surface area contributed by atoms with Crippen LogP contribution in [0.25, 0.3) is 0 Å². The first-order valence-electron chi connectivity index (χ1n) is 7.66. The van der Waals surface area contributed by atoms with Crippen LogP contribution in [0.1, 0.15) is 44.1 Å². The fraction of sp³-hybridized carbons (Fsp3) is 0.688. The molecular formula is C16H27N3. The molecule has 1 aliphatic carbocycles. The van der Waals surface area contributed by atoms with Crippen LogP contribution in [0.4, 0.5) is 0 Å². The van der Waals surface area contributed by atoms with Crippen LogP contribution in [0.15, 0.2) is 24.5 Å². The number of nitrogens with zero attached hydrogens (tertiary/aromatic N) is 2. The summed E-state index contributed by atoms with van der Waals surface area (Å²) in [6, 6.07) is 4.95. The van der Waals surface area contributed by atoms with E-state index in [0.29, 0.717) is 0 Å². The van der Waals surface area contributed by atoms with E-state index in [2.05, 4.69) is 28.3 Å². The number of hydrogen-bond donors (Lipinski definition) is 1. The van der Waals surface area contributed by atoms with Crippen LogP contribution in [0.3, 0.4) is 0 Å². The van der Waals surface area contributed by atoms with Gasteiger partial charge in [-0.15, -0.1) is 0 Å². The summed E-state index contributed by atoms with van der Waals surface area (Å²) in [6.45, 7) is 3.23. The molecule has 0 aliphatic heterocycles. The number of nitrogens with one attached hydrogen (secondary N) is 1. The van der Waals surface area contributed by atoms with E-state index in [1.807, 2.05) is 18.5 Å². The molecule has 1 saturated carbocycles. The van der Waals surface area contributed by atoms with Crippen LogP contribution < -0.4 is 5.32 Å². The van der Waals surface area contributed by atoms with Crippen molar-refractivity contribution in [2.75, 3.05) is 20.1 Å². The minimum absolute atomic E-state index is 0.840. The van der Waals surface area contributed by atoms with Crippen LogP contribution >= 0.6 is 0 Å². The summed E-state index contributed by atoms with van der Waals surface area (Å²) in [7, 11) is 2.29. The predicted molar refractivity (Wildman–Crippen MR) is 80.1 cm³/mol. The molecule has 1 aliphatic rings. The third kappa shape index (κ3) is 5.29. The monoisotopic (exact) mass is 261 g/mol. The van der Waals surface area contributed by atoms with Gasteiger partial charge in [-0.25, -0.2) is 0 Å². The van der Waals surface area contributed by atoms with Crippen molar-refractivity contribution >= 4 is 0 Å². The highest BCUT2D eigenvalue weighted by Gasteiger charge is 2.16. The molecule has 1 N–H and O–H groups in total. The maximum absolute atomic E-state index is 4.12. The molecule has 0 spiro atoms. The molecule has 0 saturated heterocycles. The summed E-state index contributed by atoms with van der Waals surface area (Å²) in [5, 5.41) is 3.49. The Labute approximate surface area is 117 Å². The Kier molecular flexibility index (Phi) is 6.31. The minimum atomic E-state index is 0.840. The highest BCUT2D eigenvalue weighted by molar-refractivity contribution is 5.07. The lowest BCUT2D eigenvalue weighted by atomic mass is 9.94. The second kappa shape index (κ2) is 8.28. The maximum atomic E-state index is 4.12. The third-order valence-electron chi connectivity index (χ3n) is 4.11. The summed E-state index contributed by atoms with van der Waals surface area (Å²) in [5.41, 5.74) is 1.27. The SMILES string of the molecule is CN(CCCNCc1cccnc1)C1CCCCC1. The van der Waals surface area contributed by atoms with E-state index in [0.717, 1.165) is 19.1 Å². The van der Waals surface area contributed by atoms with Gasteiger partial charge in [0.1, 0.15) is 0 Å². The molecule has 3 nitrogen and oxygen atoms in total. The van der Waals surface area contributed by atoms with Crippen molar-refractivity contribution in [2.24, 2.45) is 0 Å². The van der Waals surface area contributed by atoms with Gasteiger partial charge in [0.25, 0.3) is 0 Å². The van der Waals surface area contributed by atoms with Crippen LogP contribution in [-0.4, -0.2) is 36.1 Å². The highest BCUT2D eigenvalue weighted by atomic mass is 15.1. The van der Waals surface area contributed by atoms with Crippen molar-refractivity contribution < 1.29 is 0 Å². The first-order chi connectivity index (χ1) is 9.36.